The molecule has 0 aliphatic carbocycles. The minimum absolute atomic E-state index is 0.0634. The van der Waals surface area contributed by atoms with Crippen LogP contribution in [0.25, 0.3) is 0 Å². The zero-order chi connectivity index (χ0) is 17.6. The van der Waals surface area contributed by atoms with Crippen molar-refractivity contribution in [2.75, 3.05) is 18.0 Å². The SMILES string of the molecule is CC(=O)NCc1cc(OC2CCN(c3ccc(C#N)cn3)C2)ccn1. The number of hydrogen-bond acceptors (Lipinski definition) is 6. The fraction of sp³-hybridized carbons (Fsp3) is 0.333. The number of pyridine rings is 2. The molecule has 0 aromatic carbocycles. The summed E-state index contributed by atoms with van der Waals surface area (Å²) in [4.78, 5) is 21.7. The van der Waals surface area contributed by atoms with E-state index in [1.807, 2.05) is 18.2 Å². The Labute approximate surface area is 146 Å². The number of carbonyl (C=O) groups excluding carboxylic acids is 1. The van der Waals surface area contributed by atoms with Crippen LogP contribution in [0.1, 0.15) is 24.6 Å². The number of anilines is 1. The lowest BCUT2D eigenvalue weighted by atomic mass is 10.3. The molecular weight excluding hydrogens is 318 g/mol. The van der Waals surface area contributed by atoms with Gasteiger partial charge in [-0.3, -0.25) is 9.78 Å². The van der Waals surface area contributed by atoms with E-state index in [9.17, 15) is 4.79 Å². The van der Waals surface area contributed by atoms with E-state index < -0.39 is 0 Å². The van der Waals surface area contributed by atoms with Crippen LogP contribution >= 0.6 is 0 Å². The van der Waals surface area contributed by atoms with E-state index in [-0.39, 0.29) is 12.0 Å². The summed E-state index contributed by atoms with van der Waals surface area (Å²) in [6, 6.07) is 9.37. The minimum Gasteiger partial charge on any atom is -0.488 e. The number of ether oxygens (including phenoxy) is 1. The van der Waals surface area contributed by atoms with Crippen molar-refractivity contribution in [1.29, 1.82) is 5.26 Å². The Kier molecular flexibility index (Phi) is 5.09. The predicted molar refractivity (Wildman–Crippen MR) is 92.0 cm³/mol. The molecule has 7 nitrogen and oxygen atoms in total. The number of nitrogens with one attached hydrogen (secondary N) is 1. The highest BCUT2D eigenvalue weighted by Crippen LogP contribution is 2.22. The van der Waals surface area contributed by atoms with Crippen LogP contribution in [0.4, 0.5) is 5.82 Å². The van der Waals surface area contributed by atoms with Gasteiger partial charge in [-0.25, -0.2) is 4.98 Å². The smallest absolute Gasteiger partial charge is 0.217 e. The highest BCUT2D eigenvalue weighted by Gasteiger charge is 2.25. The quantitative estimate of drug-likeness (QED) is 0.892. The summed E-state index contributed by atoms with van der Waals surface area (Å²) < 4.78 is 6.04. The minimum atomic E-state index is -0.0885. The van der Waals surface area contributed by atoms with Crippen LogP contribution in [0.5, 0.6) is 5.75 Å². The van der Waals surface area contributed by atoms with E-state index in [0.717, 1.165) is 36.8 Å². The van der Waals surface area contributed by atoms with Crippen LogP contribution in [0.2, 0.25) is 0 Å². The molecule has 128 valence electrons. The second-order valence-electron chi connectivity index (χ2n) is 5.88. The van der Waals surface area contributed by atoms with E-state index in [2.05, 4.69) is 26.3 Å². The van der Waals surface area contributed by atoms with Crippen molar-refractivity contribution in [3.05, 3.63) is 47.9 Å². The molecule has 1 unspecified atom stereocenters. The third-order valence-electron chi connectivity index (χ3n) is 3.96. The number of nitrogens with zero attached hydrogens (tertiary/aromatic N) is 4. The fourth-order valence-corrected chi connectivity index (χ4v) is 2.71. The van der Waals surface area contributed by atoms with Crippen LogP contribution in [0.3, 0.4) is 0 Å². The Bertz CT molecular complexity index is 785. The van der Waals surface area contributed by atoms with Crippen LogP contribution < -0.4 is 15.0 Å². The molecule has 1 fully saturated rings. The summed E-state index contributed by atoms with van der Waals surface area (Å²) in [6.45, 7) is 3.46. The molecule has 2 aromatic heterocycles. The van der Waals surface area contributed by atoms with Crippen molar-refractivity contribution in [2.45, 2.75) is 26.0 Å². The Hall–Kier alpha value is -3.14. The molecule has 0 saturated carbocycles. The molecule has 1 aliphatic heterocycles. The number of aromatic nitrogens is 2. The van der Waals surface area contributed by atoms with Gasteiger partial charge in [0, 0.05) is 38.3 Å². The standard InChI is InChI=1S/C18H19N5O2/c1-13(24)21-11-15-8-16(4-6-20-15)25-17-5-7-23(12-17)18-3-2-14(9-19)10-22-18/h2-4,6,8,10,17H,5,7,11-12H2,1H3,(H,21,24). The highest BCUT2D eigenvalue weighted by atomic mass is 16.5. The van der Waals surface area contributed by atoms with Crippen molar-refractivity contribution >= 4 is 11.7 Å². The maximum absolute atomic E-state index is 11.0. The number of amides is 1. The number of nitriles is 1. The zero-order valence-corrected chi connectivity index (χ0v) is 14.0. The third kappa shape index (κ3) is 4.44. The van der Waals surface area contributed by atoms with Crippen LogP contribution in [-0.4, -0.2) is 35.1 Å². The van der Waals surface area contributed by atoms with Gasteiger partial charge in [0.05, 0.1) is 24.3 Å². The lowest BCUT2D eigenvalue weighted by Gasteiger charge is -2.18. The van der Waals surface area contributed by atoms with E-state index in [1.54, 1.807) is 18.5 Å². The monoisotopic (exact) mass is 337 g/mol. The summed E-state index contributed by atoms with van der Waals surface area (Å²) in [6.07, 6.45) is 4.22. The van der Waals surface area contributed by atoms with Gasteiger partial charge in [-0.15, -0.1) is 0 Å². The summed E-state index contributed by atoms with van der Waals surface area (Å²) >= 11 is 0. The van der Waals surface area contributed by atoms with Crippen LogP contribution in [0.15, 0.2) is 36.7 Å². The summed E-state index contributed by atoms with van der Waals surface area (Å²) in [7, 11) is 0. The average Bonchev–Trinajstić information content (AvgIpc) is 3.09. The van der Waals surface area contributed by atoms with Gasteiger partial charge in [-0.05, 0) is 18.2 Å². The van der Waals surface area contributed by atoms with Crippen molar-refractivity contribution in [3.8, 4) is 11.8 Å². The largest absolute Gasteiger partial charge is 0.488 e. The van der Waals surface area contributed by atoms with E-state index in [0.29, 0.717) is 12.1 Å². The average molecular weight is 337 g/mol. The maximum atomic E-state index is 11.0. The topological polar surface area (TPSA) is 91.1 Å². The number of rotatable bonds is 5. The number of hydrogen-bond donors (Lipinski definition) is 1. The summed E-state index contributed by atoms with van der Waals surface area (Å²) in [5.41, 5.74) is 1.32. The Balaban J connectivity index is 1.58. The normalized spacial score (nSPS) is 16.3. The molecule has 0 spiro atoms. The molecule has 2 aromatic rings. The molecule has 0 radical (unpaired) electrons. The van der Waals surface area contributed by atoms with Gasteiger partial charge in [0.15, 0.2) is 0 Å². The van der Waals surface area contributed by atoms with Gasteiger partial charge >= 0.3 is 0 Å². The lowest BCUT2D eigenvalue weighted by molar-refractivity contribution is -0.119. The van der Waals surface area contributed by atoms with Crippen molar-refractivity contribution in [2.24, 2.45) is 0 Å². The predicted octanol–water partition coefficient (Wildman–Crippen LogP) is 1.64. The second kappa shape index (κ2) is 7.62. The molecule has 3 rings (SSSR count). The van der Waals surface area contributed by atoms with E-state index in [4.69, 9.17) is 10.00 Å². The summed E-state index contributed by atoms with van der Waals surface area (Å²) in [5, 5.41) is 11.6. The molecule has 0 bridgehead atoms. The molecular formula is C18H19N5O2. The van der Waals surface area contributed by atoms with E-state index >= 15 is 0 Å². The number of carbonyl (C=O) groups is 1. The van der Waals surface area contributed by atoms with Crippen molar-refractivity contribution in [3.63, 3.8) is 0 Å². The highest BCUT2D eigenvalue weighted by molar-refractivity contribution is 5.72. The first kappa shape index (κ1) is 16.7. The first-order chi connectivity index (χ1) is 12.1. The van der Waals surface area contributed by atoms with Crippen molar-refractivity contribution in [1.82, 2.24) is 15.3 Å². The Morgan fingerprint density at radius 3 is 3.04 bits per heavy atom. The van der Waals surface area contributed by atoms with Gasteiger partial charge in [0.1, 0.15) is 23.7 Å². The molecule has 1 N–H and O–H groups in total. The molecule has 1 amide bonds. The first-order valence-electron chi connectivity index (χ1n) is 8.11. The Morgan fingerprint density at radius 2 is 2.32 bits per heavy atom. The Morgan fingerprint density at radius 1 is 1.44 bits per heavy atom. The van der Waals surface area contributed by atoms with Gasteiger partial charge in [0.2, 0.25) is 5.91 Å². The van der Waals surface area contributed by atoms with E-state index in [1.165, 1.54) is 6.92 Å². The van der Waals surface area contributed by atoms with Gasteiger partial charge in [-0.1, -0.05) is 0 Å². The summed E-state index contributed by atoms with van der Waals surface area (Å²) in [5.74, 6) is 1.51. The molecule has 1 saturated heterocycles. The van der Waals surface area contributed by atoms with Gasteiger partial charge in [0.25, 0.3) is 0 Å². The van der Waals surface area contributed by atoms with Gasteiger partial charge in [-0.2, -0.15) is 5.26 Å². The fourth-order valence-electron chi connectivity index (χ4n) is 2.71. The maximum Gasteiger partial charge on any atom is 0.217 e. The third-order valence-corrected chi connectivity index (χ3v) is 3.96. The first-order valence-corrected chi connectivity index (χ1v) is 8.11. The molecule has 3 heterocycles. The zero-order valence-electron chi connectivity index (χ0n) is 14.0. The van der Waals surface area contributed by atoms with Crippen LogP contribution in [-0.2, 0) is 11.3 Å². The lowest BCUT2D eigenvalue weighted by Crippen LogP contribution is -2.25. The van der Waals surface area contributed by atoms with Crippen LogP contribution in [0, 0.1) is 11.3 Å². The molecule has 1 aliphatic rings. The second-order valence-corrected chi connectivity index (χ2v) is 5.88. The van der Waals surface area contributed by atoms with Gasteiger partial charge < -0.3 is 15.0 Å². The molecule has 1 atom stereocenters. The molecule has 7 heteroatoms. The van der Waals surface area contributed by atoms with Crippen molar-refractivity contribution < 1.29 is 9.53 Å². The molecule has 25 heavy (non-hydrogen) atoms.